The van der Waals surface area contributed by atoms with E-state index in [0.717, 1.165) is 25.9 Å². The quantitative estimate of drug-likeness (QED) is 0.764. The predicted molar refractivity (Wildman–Crippen MR) is 116 cm³/mol. The maximum Gasteiger partial charge on any atom is 0.349 e. The van der Waals surface area contributed by atoms with Crippen LogP contribution in [-0.2, 0) is 6.54 Å². The van der Waals surface area contributed by atoms with Crippen molar-refractivity contribution in [3.8, 4) is 5.75 Å². The van der Waals surface area contributed by atoms with Crippen molar-refractivity contribution >= 4 is 30.7 Å². The van der Waals surface area contributed by atoms with Crippen molar-refractivity contribution in [2.45, 2.75) is 32.2 Å². The van der Waals surface area contributed by atoms with Crippen LogP contribution in [0.2, 0.25) is 0 Å². The lowest BCUT2D eigenvalue weighted by Gasteiger charge is -2.22. The maximum absolute atomic E-state index is 12.8. The molecule has 29 heavy (non-hydrogen) atoms. The van der Waals surface area contributed by atoms with Gasteiger partial charge in [-0.3, -0.25) is 9.78 Å². The Morgan fingerprint density at radius 1 is 1.38 bits per heavy atom. The number of ether oxygens (including phenoxy) is 1. The van der Waals surface area contributed by atoms with Gasteiger partial charge in [0.1, 0.15) is 17.1 Å². The smallest absolute Gasteiger partial charge is 0.349 e. The summed E-state index contributed by atoms with van der Waals surface area (Å²) in [5.41, 5.74) is 0.818. The van der Waals surface area contributed by atoms with Gasteiger partial charge < -0.3 is 19.4 Å². The Morgan fingerprint density at radius 3 is 2.76 bits per heavy atom. The molecule has 1 atom stereocenters. The highest BCUT2D eigenvalue weighted by molar-refractivity contribution is 5.94. The number of rotatable bonds is 5. The van der Waals surface area contributed by atoms with Crippen LogP contribution in [0.25, 0.3) is 0 Å². The number of pyridine rings is 1. The molecule has 7 nitrogen and oxygen atoms in total. The average Bonchev–Trinajstić information content (AvgIpc) is 2.68. The molecule has 1 saturated heterocycles. The van der Waals surface area contributed by atoms with Crippen LogP contribution in [0, 0.1) is 6.92 Å². The highest BCUT2D eigenvalue weighted by Gasteiger charge is 2.24. The van der Waals surface area contributed by atoms with E-state index in [-0.39, 0.29) is 48.7 Å². The molecule has 1 unspecified atom stereocenters. The lowest BCUT2D eigenvalue weighted by molar-refractivity contribution is 0.0777. The second-order valence-electron chi connectivity index (χ2n) is 6.89. The van der Waals surface area contributed by atoms with Gasteiger partial charge in [0.15, 0.2) is 0 Å². The molecule has 0 spiro atoms. The first-order chi connectivity index (χ1) is 13.0. The zero-order valence-corrected chi connectivity index (χ0v) is 18.4. The third kappa shape index (κ3) is 5.95. The van der Waals surface area contributed by atoms with E-state index in [1.807, 2.05) is 6.07 Å². The Kier molecular flexibility index (Phi) is 9.62. The fraction of sp³-hybridized carbons (Fsp3) is 0.450. The number of nitrogens with one attached hydrogen (secondary N) is 1. The topological polar surface area (TPSA) is 84.7 Å². The largest absolute Gasteiger partial charge is 0.497 e. The van der Waals surface area contributed by atoms with Crippen molar-refractivity contribution < 1.29 is 13.9 Å². The van der Waals surface area contributed by atoms with Crippen LogP contribution < -0.4 is 15.7 Å². The first-order valence-corrected chi connectivity index (χ1v) is 9.09. The van der Waals surface area contributed by atoms with Crippen molar-refractivity contribution in [1.82, 2.24) is 15.2 Å². The molecule has 0 saturated carbocycles. The van der Waals surface area contributed by atoms with Crippen LogP contribution in [0.15, 0.2) is 33.6 Å². The van der Waals surface area contributed by atoms with E-state index in [2.05, 4.69) is 10.3 Å². The van der Waals surface area contributed by atoms with Gasteiger partial charge in [-0.15, -0.1) is 24.8 Å². The molecule has 3 rings (SSSR count). The lowest BCUT2D eigenvalue weighted by Crippen LogP contribution is -2.33. The van der Waals surface area contributed by atoms with Gasteiger partial charge in [0.2, 0.25) is 0 Å². The molecule has 160 valence electrons. The van der Waals surface area contributed by atoms with E-state index in [0.29, 0.717) is 22.8 Å². The third-order valence-corrected chi connectivity index (χ3v) is 4.85. The number of nitrogens with zero attached hydrogens (tertiary/aromatic N) is 2. The Balaban J connectivity index is 0.00000210. The van der Waals surface area contributed by atoms with Crippen LogP contribution in [0.1, 0.15) is 46.1 Å². The van der Waals surface area contributed by atoms with Crippen LogP contribution >= 0.6 is 24.8 Å². The molecular weight excluding hydrogens is 417 g/mol. The fourth-order valence-corrected chi connectivity index (χ4v) is 3.36. The Hall–Kier alpha value is -2.09. The number of halogens is 2. The summed E-state index contributed by atoms with van der Waals surface area (Å²) in [7, 11) is 3.22. The molecule has 0 bridgehead atoms. The minimum Gasteiger partial charge on any atom is -0.497 e. The Bertz CT molecular complexity index is 882. The summed E-state index contributed by atoms with van der Waals surface area (Å²) >= 11 is 0. The molecule has 1 fully saturated rings. The first kappa shape index (κ1) is 24.9. The SMILES string of the molecule is COc1ccnc(CN(C)C(=O)c2c(C)cc(C3CCCNC3)oc2=O)c1.Cl.Cl. The van der Waals surface area contributed by atoms with Gasteiger partial charge in [-0.1, -0.05) is 0 Å². The van der Waals surface area contributed by atoms with Gasteiger partial charge in [-0.05, 0) is 44.0 Å². The summed E-state index contributed by atoms with van der Waals surface area (Å²) in [4.78, 5) is 31.1. The maximum atomic E-state index is 12.8. The van der Waals surface area contributed by atoms with Gasteiger partial charge >= 0.3 is 5.63 Å². The molecule has 1 aliphatic rings. The molecule has 2 aromatic rings. The number of carbonyl (C=O) groups is 1. The third-order valence-electron chi connectivity index (χ3n) is 4.85. The predicted octanol–water partition coefficient (Wildman–Crippen LogP) is 2.93. The number of piperidine rings is 1. The molecular formula is C20H27Cl2N3O4. The molecule has 1 amide bonds. The summed E-state index contributed by atoms with van der Waals surface area (Å²) < 4.78 is 10.7. The number of aryl methyl sites for hydroxylation is 1. The standard InChI is InChI=1S/C20H25N3O4.2ClH/c1-13-9-17(14-5-4-7-21-11-14)27-20(25)18(13)19(24)23(2)12-15-10-16(26-3)6-8-22-15;;/h6,8-10,14,21H,4-5,7,11-12H2,1-3H3;2*1H. The van der Waals surface area contributed by atoms with Crippen LogP contribution in [0.4, 0.5) is 0 Å². The minimum absolute atomic E-state index is 0. The zero-order valence-electron chi connectivity index (χ0n) is 16.8. The van der Waals surface area contributed by atoms with Crippen LogP contribution in [0.3, 0.4) is 0 Å². The fourth-order valence-electron chi connectivity index (χ4n) is 3.36. The summed E-state index contributed by atoms with van der Waals surface area (Å²) in [6.07, 6.45) is 3.65. The summed E-state index contributed by atoms with van der Waals surface area (Å²) in [6.45, 7) is 3.82. The Morgan fingerprint density at radius 2 is 2.14 bits per heavy atom. The van der Waals surface area contributed by atoms with E-state index in [1.54, 1.807) is 39.4 Å². The molecule has 2 aromatic heterocycles. The monoisotopic (exact) mass is 443 g/mol. The van der Waals surface area contributed by atoms with E-state index < -0.39 is 5.63 Å². The normalized spacial score (nSPS) is 15.6. The van der Waals surface area contributed by atoms with Gasteiger partial charge in [0, 0.05) is 31.8 Å². The highest BCUT2D eigenvalue weighted by Crippen LogP contribution is 2.24. The van der Waals surface area contributed by atoms with Gasteiger partial charge in [-0.2, -0.15) is 0 Å². The van der Waals surface area contributed by atoms with Crippen LogP contribution in [-0.4, -0.2) is 43.0 Å². The zero-order chi connectivity index (χ0) is 19.4. The lowest BCUT2D eigenvalue weighted by atomic mass is 9.95. The number of hydrogen-bond donors (Lipinski definition) is 1. The van der Waals surface area contributed by atoms with Gasteiger partial charge in [0.25, 0.3) is 5.91 Å². The minimum atomic E-state index is -0.578. The summed E-state index contributed by atoms with van der Waals surface area (Å²) in [6, 6.07) is 5.32. The van der Waals surface area contributed by atoms with E-state index >= 15 is 0 Å². The number of carbonyl (C=O) groups excluding carboxylic acids is 1. The summed E-state index contributed by atoms with van der Waals surface area (Å²) in [5.74, 6) is 1.12. The molecule has 0 aliphatic carbocycles. The second kappa shape index (κ2) is 11.2. The number of hydrogen-bond acceptors (Lipinski definition) is 6. The molecule has 3 heterocycles. The van der Waals surface area contributed by atoms with E-state index in [9.17, 15) is 9.59 Å². The van der Waals surface area contributed by atoms with Crippen molar-refractivity contribution in [1.29, 1.82) is 0 Å². The van der Waals surface area contributed by atoms with E-state index in [4.69, 9.17) is 9.15 Å². The number of amides is 1. The van der Waals surface area contributed by atoms with Crippen molar-refractivity contribution in [3.05, 3.63) is 57.4 Å². The average molecular weight is 444 g/mol. The van der Waals surface area contributed by atoms with Gasteiger partial charge in [0.05, 0.1) is 19.3 Å². The molecule has 1 aliphatic heterocycles. The number of methoxy groups -OCH3 is 1. The molecule has 0 aromatic carbocycles. The molecule has 1 N–H and O–H groups in total. The summed E-state index contributed by atoms with van der Waals surface area (Å²) in [5, 5.41) is 3.31. The number of aromatic nitrogens is 1. The molecule has 9 heteroatoms. The highest BCUT2D eigenvalue weighted by atomic mass is 35.5. The first-order valence-electron chi connectivity index (χ1n) is 9.09. The van der Waals surface area contributed by atoms with E-state index in [1.165, 1.54) is 4.90 Å². The Labute approximate surface area is 182 Å². The van der Waals surface area contributed by atoms with Crippen molar-refractivity contribution in [2.75, 3.05) is 27.2 Å². The van der Waals surface area contributed by atoms with Crippen LogP contribution in [0.5, 0.6) is 5.75 Å². The molecule has 0 radical (unpaired) electrons. The second-order valence-corrected chi connectivity index (χ2v) is 6.89. The van der Waals surface area contributed by atoms with Gasteiger partial charge in [-0.25, -0.2) is 4.79 Å². The van der Waals surface area contributed by atoms with Crippen molar-refractivity contribution in [2.24, 2.45) is 0 Å². The van der Waals surface area contributed by atoms with Crippen molar-refractivity contribution in [3.63, 3.8) is 0 Å².